The summed E-state index contributed by atoms with van der Waals surface area (Å²) in [6.45, 7) is 11.9. The largest absolute Gasteiger partial charge is 0.444 e. The monoisotopic (exact) mass is 369 g/mol. The molecule has 6 nitrogen and oxygen atoms in total. The first-order valence-electron chi connectivity index (χ1n) is 8.42. The first-order chi connectivity index (χ1) is 11.5. The third-order valence-electron chi connectivity index (χ3n) is 3.46. The van der Waals surface area contributed by atoms with Crippen molar-refractivity contribution in [1.82, 2.24) is 15.2 Å². The van der Waals surface area contributed by atoms with Gasteiger partial charge in [0.25, 0.3) is 0 Å². The Bertz CT molecular complexity index is 582. The molecule has 0 aromatic carbocycles. The minimum Gasteiger partial charge on any atom is -0.444 e. The van der Waals surface area contributed by atoms with Gasteiger partial charge in [-0.15, -0.1) is 0 Å². The van der Waals surface area contributed by atoms with Crippen LogP contribution in [0.5, 0.6) is 0 Å². The molecule has 0 radical (unpaired) electrons. The number of hydrogen-bond donors (Lipinski definition) is 1. The summed E-state index contributed by atoms with van der Waals surface area (Å²) in [5, 5.41) is 3.10. The number of aromatic nitrogens is 1. The summed E-state index contributed by atoms with van der Waals surface area (Å²) >= 11 is 5.79. The number of carbonyl (C=O) groups excluding carboxylic acids is 2. The lowest BCUT2D eigenvalue weighted by molar-refractivity contribution is -0.135. The van der Waals surface area contributed by atoms with Crippen LogP contribution in [0.25, 0.3) is 0 Å². The van der Waals surface area contributed by atoms with Gasteiger partial charge in [-0.3, -0.25) is 4.79 Å². The van der Waals surface area contributed by atoms with Crippen molar-refractivity contribution in [3.8, 4) is 0 Å². The molecule has 0 spiro atoms. The Labute approximate surface area is 154 Å². The van der Waals surface area contributed by atoms with E-state index in [1.54, 1.807) is 37.9 Å². The van der Waals surface area contributed by atoms with E-state index in [0.717, 1.165) is 5.56 Å². The second-order valence-electron chi connectivity index (χ2n) is 7.21. The van der Waals surface area contributed by atoms with Crippen LogP contribution in [0.4, 0.5) is 4.79 Å². The molecule has 0 aliphatic carbocycles. The number of ether oxygens (including phenoxy) is 1. The fraction of sp³-hybridized carbons (Fsp3) is 0.611. The highest BCUT2D eigenvalue weighted by Gasteiger charge is 2.30. The molecular formula is C18H28ClN3O3. The Morgan fingerprint density at radius 2 is 1.96 bits per heavy atom. The smallest absolute Gasteiger partial charge is 0.408 e. The van der Waals surface area contributed by atoms with Gasteiger partial charge in [-0.2, -0.15) is 0 Å². The molecular weight excluding hydrogens is 342 g/mol. The maximum atomic E-state index is 12.9. The Hall–Kier alpha value is -1.82. The third kappa shape index (κ3) is 7.30. The molecule has 0 aliphatic rings. The average Bonchev–Trinajstić information content (AvgIpc) is 2.49. The van der Waals surface area contributed by atoms with Crippen molar-refractivity contribution in [2.75, 3.05) is 6.54 Å². The molecule has 0 bridgehead atoms. The average molecular weight is 370 g/mol. The SMILES string of the molecule is CCN(Cc1ccc(Cl)nc1)C(=O)[C@@H](NC(=O)OC(C)(C)C)C(C)C. The Morgan fingerprint density at radius 1 is 1.32 bits per heavy atom. The molecule has 0 fully saturated rings. The maximum absolute atomic E-state index is 12.9. The van der Waals surface area contributed by atoms with E-state index in [1.807, 2.05) is 26.8 Å². The molecule has 1 aromatic heterocycles. The second kappa shape index (κ2) is 9.04. The standard InChI is InChI=1S/C18H28ClN3O3/c1-7-22(11-13-8-9-14(19)20-10-13)16(23)15(12(2)3)21-17(24)25-18(4,5)6/h8-10,12,15H,7,11H2,1-6H3,(H,21,24)/t15-/m0/s1. The van der Waals surface area contributed by atoms with E-state index >= 15 is 0 Å². The number of amides is 2. The topological polar surface area (TPSA) is 71.5 Å². The van der Waals surface area contributed by atoms with Crippen LogP contribution in [0.2, 0.25) is 5.15 Å². The van der Waals surface area contributed by atoms with E-state index in [1.165, 1.54) is 0 Å². The van der Waals surface area contributed by atoms with Crippen LogP contribution in [-0.4, -0.2) is 40.1 Å². The summed E-state index contributed by atoms with van der Waals surface area (Å²) in [5.74, 6) is -0.226. The number of halogens is 1. The summed E-state index contributed by atoms with van der Waals surface area (Å²) in [4.78, 5) is 30.7. The van der Waals surface area contributed by atoms with Gasteiger partial charge in [0, 0.05) is 19.3 Å². The maximum Gasteiger partial charge on any atom is 0.408 e. The normalized spacial score (nSPS) is 12.6. The molecule has 0 saturated heterocycles. The summed E-state index contributed by atoms with van der Waals surface area (Å²) in [6.07, 6.45) is 1.05. The summed E-state index contributed by atoms with van der Waals surface area (Å²) in [7, 11) is 0. The number of pyridine rings is 1. The lowest BCUT2D eigenvalue weighted by Gasteiger charge is -2.30. The Balaban J connectivity index is 2.84. The number of rotatable bonds is 6. The van der Waals surface area contributed by atoms with Gasteiger partial charge in [0.15, 0.2) is 0 Å². The number of alkyl carbamates (subject to hydrolysis) is 1. The number of hydrogen-bond acceptors (Lipinski definition) is 4. The van der Waals surface area contributed by atoms with Crippen molar-refractivity contribution >= 4 is 23.6 Å². The minimum absolute atomic E-state index is 0.0718. The predicted octanol–water partition coefficient (Wildman–Crippen LogP) is 3.63. The van der Waals surface area contributed by atoms with Gasteiger partial charge in [-0.25, -0.2) is 9.78 Å². The summed E-state index contributed by atoms with van der Waals surface area (Å²) in [5.41, 5.74) is 0.257. The second-order valence-corrected chi connectivity index (χ2v) is 7.60. The Morgan fingerprint density at radius 3 is 2.40 bits per heavy atom. The van der Waals surface area contributed by atoms with Gasteiger partial charge >= 0.3 is 6.09 Å². The van der Waals surface area contributed by atoms with E-state index < -0.39 is 17.7 Å². The van der Waals surface area contributed by atoms with E-state index in [0.29, 0.717) is 18.2 Å². The molecule has 0 aliphatic heterocycles. The number of nitrogens with one attached hydrogen (secondary N) is 1. The first-order valence-corrected chi connectivity index (χ1v) is 8.80. The third-order valence-corrected chi connectivity index (χ3v) is 3.68. The molecule has 140 valence electrons. The van der Waals surface area contributed by atoms with Crippen molar-refractivity contribution in [3.63, 3.8) is 0 Å². The quantitative estimate of drug-likeness (QED) is 0.777. The number of carbonyl (C=O) groups is 2. The minimum atomic E-state index is -0.657. The Kier molecular flexibility index (Phi) is 7.67. The lowest BCUT2D eigenvalue weighted by Crippen LogP contribution is -2.52. The highest BCUT2D eigenvalue weighted by molar-refractivity contribution is 6.29. The van der Waals surface area contributed by atoms with E-state index in [9.17, 15) is 9.59 Å². The molecule has 0 saturated carbocycles. The van der Waals surface area contributed by atoms with Crippen LogP contribution in [0.15, 0.2) is 18.3 Å². The van der Waals surface area contributed by atoms with Crippen molar-refractivity contribution in [3.05, 3.63) is 29.0 Å². The van der Waals surface area contributed by atoms with E-state index in [4.69, 9.17) is 16.3 Å². The van der Waals surface area contributed by atoms with E-state index in [2.05, 4.69) is 10.3 Å². The van der Waals surface area contributed by atoms with Crippen molar-refractivity contribution in [2.24, 2.45) is 5.92 Å². The zero-order chi connectivity index (χ0) is 19.2. The molecule has 1 aromatic rings. The highest BCUT2D eigenvalue weighted by Crippen LogP contribution is 2.13. The summed E-state index contributed by atoms with van der Waals surface area (Å²) < 4.78 is 5.27. The van der Waals surface area contributed by atoms with Gasteiger partial charge in [-0.05, 0) is 45.2 Å². The lowest BCUT2D eigenvalue weighted by atomic mass is 10.0. The number of nitrogens with zero attached hydrogens (tertiary/aromatic N) is 2. The highest BCUT2D eigenvalue weighted by atomic mass is 35.5. The first kappa shape index (κ1) is 21.2. The van der Waals surface area contributed by atoms with Crippen LogP contribution in [0, 0.1) is 5.92 Å². The van der Waals surface area contributed by atoms with Crippen LogP contribution < -0.4 is 5.32 Å². The van der Waals surface area contributed by atoms with Gasteiger partial charge in [-0.1, -0.05) is 31.5 Å². The van der Waals surface area contributed by atoms with Gasteiger partial charge < -0.3 is 15.0 Å². The van der Waals surface area contributed by atoms with Crippen LogP contribution >= 0.6 is 11.6 Å². The fourth-order valence-electron chi connectivity index (χ4n) is 2.21. The van der Waals surface area contributed by atoms with Crippen LogP contribution in [-0.2, 0) is 16.1 Å². The fourth-order valence-corrected chi connectivity index (χ4v) is 2.32. The molecule has 1 N–H and O–H groups in total. The zero-order valence-electron chi connectivity index (χ0n) is 15.8. The molecule has 1 heterocycles. The van der Waals surface area contributed by atoms with Crippen LogP contribution in [0.1, 0.15) is 47.1 Å². The van der Waals surface area contributed by atoms with Crippen molar-refractivity contribution < 1.29 is 14.3 Å². The molecule has 7 heteroatoms. The van der Waals surface area contributed by atoms with Crippen molar-refractivity contribution in [2.45, 2.75) is 59.7 Å². The molecule has 25 heavy (non-hydrogen) atoms. The molecule has 1 rings (SSSR count). The number of likely N-dealkylation sites (N-methyl/N-ethyl adjacent to an activating group) is 1. The van der Waals surface area contributed by atoms with Crippen molar-refractivity contribution in [1.29, 1.82) is 0 Å². The molecule has 0 unspecified atom stereocenters. The zero-order valence-corrected chi connectivity index (χ0v) is 16.6. The molecule has 1 atom stereocenters. The molecule has 2 amide bonds. The van der Waals surface area contributed by atoms with Gasteiger partial charge in [0.2, 0.25) is 5.91 Å². The van der Waals surface area contributed by atoms with Gasteiger partial charge in [0.05, 0.1) is 0 Å². The van der Waals surface area contributed by atoms with Gasteiger partial charge in [0.1, 0.15) is 16.8 Å². The van der Waals surface area contributed by atoms with Crippen LogP contribution in [0.3, 0.4) is 0 Å². The predicted molar refractivity (Wildman–Crippen MR) is 98.3 cm³/mol. The summed E-state index contributed by atoms with van der Waals surface area (Å²) in [6, 6.07) is 2.86. The van der Waals surface area contributed by atoms with E-state index in [-0.39, 0.29) is 11.8 Å².